The molecule has 2 aromatic heterocycles. The van der Waals surface area contributed by atoms with Crippen molar-refractivity contribution in [2.75, 3.05) is 18.9 Å². The van der Waals surface area contributed by atoms with E-state index in [0.29, 0.717) is 17.7 Å². The molecule has 0 saturated heterocycles. The minimum Gasteiger partial charge on any atom is -0.486 e. The van der Waals surface area contributed by atoms with E-state index in [1.54, 1.807) is 24.3 Å². The maximum Gasteiger partial charge on any atom is 0.320 e. The van der Waals surface area contributed by atoms with Crippen molar-refractivity contribution in [2.24, 2.45) is 0 Å². The number of aromatic nitrogens is 4. The van der Waals surface area contributed by atoms with Crippen LogP contribution >= 0.6 is 0 Å². The van der Waals surface area contributed by atoms with E-state index in [1.165, 1.54) is 6.07 Å². The highest BCUT2D eigenvalue weighted by Crippen LogP contribution is 2.25. The Morgan fingerprint density at radius 3 is 2.76 bits per heavy atom. The summed E-state index contributed by atoms with van der Waals surface area (Å²) < 4.78 is 26.8. The molecule has 0 amide bonds. The van der Waals surface area contributed by atoms with Gasteiger partial charge in [0.25, 0.3) is 0 Å². The van der Waals surface area contributed by atoms with Gasteiger partial charge < -0.3 is 19.8 Å². The Hall–Kier alpha value is -3.16. The zero-order valence-corrected chi connectivity index (χ0v) is 13.6. The van der Waals surface area contributed by atoms with Gasteiger partial charge in [0.1, 0.15) is 19.0 Å². The van der Waals surface area contributed by atoms with Crippen LogP contribution in [0.25, 0.3) is 11.2 Å². The van der Waals surface area contributed by atoms with E-state index in [2.05, 4.69) is 15.0 Å². The van der Waals surface area contributed by atoms with Crippen LogP contribution in [-0.2, 0) is 6.54 Å². The average Bonchev–Trinajstić information content (AvgIpc) is 2.90. The third kappa shape index (κ3) is 2.86. The van der Waals surface area contributed by atoms with Crippen LogP contribution in [0.4, 0.5) is 10.2 Å². The molecule has 0 aliphatic carbocycles. The lowest BCUT2D eigenvalue weighted by molar-refractivity contribution is 0.325. The number of rotatable bonds is 0. The van der Waals surface area contributed by atoms with Crippen LogP contribution < -0.4 is 15.2 Å². The molecule has 2 N–H and O–H groups in total. The molecule has 25 heavy (non-hydrogen) atoms. The van der Waals surface area contributed by atoms with E-state index in [1.807, 2.05) is 11.5 Å². The quantitative estimate of drug-likeness (QED) is 0.631. The Balaban J connectivity index is 1.88. The number of halogens is 1. The molecule has 1 aromatic carbocycles. The predicted octanol–water partition coefficient (Wildman–Crippen LogP) is 2.23. The monoisotopic (exact) mass is 341 g/mol. The maximum absolute atomic E-state index is 13.9. The molecule has 128 valence electrons. The molecule has 1 aliphatic heterocycles. The predicted molar refractivity (Wildman–Crippen MR) is 90.1 cm³/mol. The van der Waals surface area contributed by atoms with Crippen LogP contribution in [-0.4, -0.2) is 32.7 Å². The molecule has 4 bridgehead atoms. The average molecular weight is 341 g/mol. The minimum absolute atomic E-state index is 0.188. The second-order valence-corrected chi connectivity index (χ2v) is 5.67. The fraction of sp³-hybridized carbons (Fsp3) is 0.235. The van der Waals surface area contributed by atoms with Gasteiger partial charge >= 0.3 is 6.01 Å². The first-order chi connectivity index (χ1) is 12.1. The summed E-state index contributed by atoms with van der Waals surface area (Å²) in [6.07, 6.45) is 3.49. The molecule has 7 nitrogen and oxygen atoms in total. The van der Waals surface area contributed by atoms with Gasteiger partial charge in [0.2, 0.25) is 0 Å². The second-order valence-electron chi connectivity index (χ2n) is 5.67. The Labute approximate surface area is 142 Å². The van der Waals surface area contributed by atoms with Crippen molar-refractivity contribution in [3.05, 3.63) is 47.6 Å². The third-order valence-electron chi connectivity index (χ3n) is 3.94. The van der Waals surface area contributed by atoms with E-state index in [9.17, 15) is 4.39 Å². The topological polar surface area (TPSA) is 88.1 Å². The molecule has 0 radical (unpaired) electrons. The molecule has 0 atom stereocenters. The van der Waals surface area contributed by atoms with Crippen molar-refractivity contribution < 1.29 is 13.9 Å². The van der Waals surface area contributed by atoms with Gasteiger partial charge in [0.05, 0.1) is 6.54 Å². The Bertz CT molecular complexity index is 983. The lowest BCUT2D eigenvalue weighted by atomic mass is 10.2. The molecule has 0 unspecified atom stereocenters. The molecule has 4 rings (SSSR count). The van der Waals surface area contributed by atoms with Gasteiger partial charge in [-0.2, -0.15) is 9.97 Å². The van der Waals surface area contributed by atoms with Gasteiger partial charge in [0, 0.05) is 0 Å². The summed E-state index contributed by atoms with van der Waals surface area (Å²) in [4.78, 5) is 13.0. The Morgan fingerprint density at radius 1 is 1.12 bits per heavy atom. The van der Waals surface area contributed by atoms with Crippen molar-refractivity contribution in [2.45, 2.75) is 13.5 Å². The number of nitrogens with zero attached hydrogens (tertiary/aromatic N) is 4. The SMILES string of the molecule is Cc1nc2c(N)nc3nc2n1Cc1ccc(F)c(c1)OC/C=C\CO3. The van der Waals surface area contributed by atoms with E-state index in [4.69, 9.17) is 15.2 Å². The van der Waals surface area contributed by atoms with Gasteiger partial charge in [-0.25, -0.2) is 9.37 Å². The number of imidazole rings is 1. The summed E-state index contributed by atoms with van der Waals surface area (Å²) in [5.74, 6) is 0.798. The highest BCUT2D eigenvalue weighted by molar-refractivity contribution is 5.82. The number of hydrogen-bond acceptors (Lipinski definition) is 6. The molecular weight excluding hydrogens is 325 g/mol. The third-order valence-corrected chi connectivity index (χ3v) is 3.94. The van der Waals surface area contributed by atoms with E-state index in [0.717, 1.165) is 11.4 Å². The fourth-order valence-electron chi connectivity index (χ4n) is 2.70. The first-order valence-corrected chi connectivity index (χ1v) is 7.81. The normalized spacial score (nSPS) is 15.4. The second kappa shape index (κ2) is 6.04. The van der Waals surface area contributed by atoms with Gasteiger partial charge in [-0.05, 0) is 36.8 Å². The van der Waals surface area contributed by atoms with Crippen molar-refractivity contribution in [1.82, 2.24) is 19.5 Å². The maximum atomic E-state index is 13.9. The summed E-state index contributed by atoms with van der Waals surface area (Å²) in [5.41, 5.74) is 7.95. The van der Waals surface area contributed by atoms with Crippen molar-refractivity contribution >= 4 is 17.0 Å². The van der Waals surface area contributed by atoms with Crippen LogP contribution in [0, 0.1) is 12.7 Å². The number of ether oxygens (including phenoxy) is 2. The highest BCUT2D eigenvalue weighted by Gasteiger charge is 2.16. The van der Waals surface area contributed by atoms with Crippen molar-refractivity contribution in [1.29, 1.82) is 0 Å². The zero-order valence-electron chi connectivity index (χ0n) is 13.6. The number of hydrogen-bond donors (Lipinski definition) is 1. The standard InChI is InChI=1S/C17H16FN5O2/c1-10-20-14-15(19)21-17-22-16(14)23(10)9-11-4-5-12(18)13(8-11)24-6-2-3-7-25-17/h2-5,8H,6-7,9H2,1H3,(H2,19,21,22)/b3-2-. The van der Waals surface area contributed by atoms with Crippen LogP contribution in [0.2, 0.25) is 0 Å². The van der Waals surface area contributed by atoms with E-state index in [-0.39, 0.29) is 30.8 Å². The Morgan fingerprint density at radius 2 is 1.92 bits per heavy atom. The molecule has 3 heterocycles. The smallest absolute Gasteiger partial charge is 0.320 e. The van der Waals surface area contributed by atoms with Gasteiger partial charge in [-0.3, -0.25) is 0 Å². The van der Waals surface area contributed by atoms with Crippen LogP contribution in [0.3, 0.4) is 0 Å². The zero-order chi connectivity index (χ0) is 17.4. The lowest BCUT2D eigenvalue weighted by Crippen LogP contribution is -2.07. The number of anilines is 1. The number of nitrogen functional groups attached to an aromatic ring is 1. The van der Waals surface area contributed by atoms with Crippen LogP contribution in [0.1, 0.15) is 11.4 Å². The first-order valence-electron chi connectivity index (χ1n) is 7.81. The van der Waals surface area contributed by atoms with E-state index < -0.39 is 5.82 Å². The van der Waals surface area contributed by atoms with Crippen LogP contribution in [0.15, 0.2) is 30.4 Å². The summed E-state index contributed by atoms with van der Waals surface area (Å²) in [6, 6.07) is 4.97. The fourth-order valence-corrected chi connectivity index (χ4v) is 2.70. The van der Waals surface area contributed by atoms with Crippen molar-refractivity contribution in [3.8, 4) is 11.8 Å². The largest absolute Gasteiger partial charge is 0.486 e. The number of nitrogens with two attached hydrogens (primary N) is 1. The highest BCUT2D eigenvalue weighted by atomic mass is 19.1. The molecule has 8 heteroatoms. The molecule has 3 aromatic rings. The molecule has 1 aliphatic rings. The first kappa shape index (κ1) is 15.4. The number of aryl methyl sites for hydroxylation is 1. The van der Waals surface area contributed by atoms with Gasteiger partial charge in [0.15, 0.2) is 28.5 Å². The molecule has 0 fully saturated rings. The number of fused-ring (bicyclic) bond motifs is 3. The van der Waals surface area contributed by atoms with E-state index >= 15 is 0 Å². The summed E-state index contributed by atoms with van der Waals surface area (Å²) >= 11 is 0. The lowest BCUT2D eigenvalue weighted by Gasteiger charge is -2.11. The Kier molecular flexibility index (Phi) is 3.72. The number of benzene rings is 1. The molecular formula is C17H16FN5O2. The van der Waals surface area contributed by atoms with Gasteiger partial charge in [-0.1, -0.05) is 6.07 Å². The summed E-state index contributed by atoms with van der Waals surface area (Å²) in [6.45, 7) is 2.80. The van der Waals surface area contributed by atoms with Crippen LogP contribution in [0.5, 0.6) is 11.8 Å². The molecule has 0 saturated carbocycles. The molecule has 0 spiro atoms. The minimum atomic E-state index is -0.401. The van der Waals surface area contributed by atoms with Crippen molar-refractivity contribution in [3.63, 3.8) is 0 Å². The summed E-state index contributed by atoms with van der Waals surface area (Å²) in [7, 11) is 0. The summed E-state index contributed by atoms with van der Waals surface area (Å²) in [5, 5.41) is 0. The van der Waals surface area contributed by atoms with Gasteiger partial charge in [-0.15, -0.1) is 0 Å².